The van der Waals surface area contributed by atoms with Crippen molar-refractivity contribution in [2.45, 2.75) is 19.8 Å². The van der Waals surface area contributed by atoms with Gasteiger partial charge in [0.1, 0.15) is 11.6 Å². The molecule has 0 aliphatic heterocycles. The summed E-state index contributed by atoms with van der Waals surface area (Å²) in [5.74, 6) is -0.487. The van der Waals surface area contributed by atoms with E-state index in [0.717, 1.165) is 10.0 Å². The van der Waals surface area contributed by atoms with E-state index in [1.807, 2.05) is 30.3 Å². The molecule has 1 aromatic carbocycles. The van der Waals surface area contributed by atoms with Crippen molar-refractivity contribution in [3.8, 4) is 0 Å². The smallest absolute Gasteiger partial charge is 0.243 e. The molecular formula is C18H21BrN2O3S. The van der Waals surface area contributed by atoms with Gasteiger partial charge in [-0.05, 0) is 53.4 Å². The molecule has 1 amide bonds. The number of benzene rings is 1. The van der Waals surface area contributed by atoms with Gasteiger partial charge in [0.2, 0.25) is 5.91 Å². The predicted octanol–water partition coefficient (Wildman–Crippen LogP) is 3.24. The average molecular weight is 425 g/mol. The van der Waals surface area contributed by atoms with Gasteiger partial charge in [-0.1, -0.05) is 30.3 Å². The molecular weight excluding hydrogens is 404 g/mol. The number of aromatic nitrogens is 1. The Bertz CT molecular complexity index is 793. The fourth-order valence-corrected chi connectivity index (χ4v) is 3.97. The molecule has 0 N–H and O–H groups in total. The van der Waals surface area contributed by atoms with Gasteiger partial charge in [-0.2, -0.15) is 0 Å². The van der Waals surface area contributed by atoms with Crippen LogP contribution >= 0.6 is 15.9 Å². The van der Waals surface area contributed by atoms with Gasteiger partial charge in [0, 0.05) is 17.2 Å². The fourth-order valence-electron chi connectivity index (χ4n) is 2.47. The minimum absolute atomic E-state index is 0.00104. The van der Waals surface area contributed by atoms with E-state index >= 15 is 0 Å². The largest absolute Gasteiger partial charge is 0.296 e. The van der Waals surface area contributed by atoms with Crippen LogP contribution in [0.25, 0.3) is 0 Å². The molecule has 5 nitrogen and oxygen atoms in total. The summed E-state index contributed by atoms with van der Waals surface area (Å²) in [5, 5.41) is 0. The number of anilines is 1. The molecule has 134 valence electrons. The van der Waals surface area contributed by atoms with Crippen LogP contribution < -0.4 is 4.90 Å². The van der Waals surface area contributed by atoms with E-state index in [1.54, 1.807) is 25.3 Å². The van der Waals surface area contributed by atoms with E-state index in [2.05, 4.69) is 20.9 Å². The van der Waals surface area contributed by atoms with E-state index in [9.17, 15) is 13.2 Å². The molecule has 0 aliphatic carbocycles. The lowest BCUT2D eigenvalue weighted by Gasteiger charge is -2.19. The number of halogens is 1. The predicted molar refractivity (Wildman–Crippen MR) is 103 cm³/mol. The first-order chi connectivity index (χ1) is 11.9. The summed E-state index contributed by atoms with van der Waals surface area (Å²) < 4.78 is 25.3. The van der Waals surface area contributed by atoms with Crippen molar-refractivity contribution in [1.29, 1.82) is 0 Å². The standard InChI is InChI=1S/C18H21BrN2O3S/c1-2-21(17-11-10-16(19)13-20-17)18(22)14-25(23,24)12-6-9-15-7-4-3-5-8-15/h3-5,7-8,10-11,13H,2,6,9,12,14H2,1H3. The van der Waals surface area contributed by atoms with Crippen LogP contribution in [0.5, 0.6) is 0 Å². The SMILES string of the molecule is CCN(C(=O)CS(=O)(=O)CCCc1ccccc1)c1ccc(Br)cn1. The summed E-state index contributed by atoms with van der Waals surface area (Å²) in [7, 11) is -3.45. The maximum atomic E-state index is 12.4. The number of carbonyl (C=O) groups is 1. The molecule has 25 heavy (non-hydrogen) atoms. The third-order valence-electron chi connectivity index (χ3n) is 3.71. The van der Waals surface area contributed by atoms with Gasteiger partial charge in [0.25, 0.3) is 0 Å². The monoisotopic (exact) mass is 424 g/mol. The number of pyridine rings is 1. The maximum Gasteiger partial charge on any atom is 0.243 e. The van der Waals surface area contributed by atoms with E-state index in [-0.39, 0.29) is 5.75 Å². The molecule has 0 saturated heterocycles. The van der Waals surface area contributed by atoms with E-state index < -0.39 is 21.5 Å². The van der Waals surface area contributed by atoms with Gasteiger partial charge in [-0.25, -0.2) is 13.4 Å². The third kappa shape index (κ3) is 6.25. The molecule has 0 saturated carbocycles. The lowest BCUT2D eigenvalue weighted by Crippen LogP contribution is -2.36. The summed E-state index contributed by atoms with van der Waals surface area (Å²) in [6, 6.07) is 13.2. The second-order valence-electron chi connectivity index (χ2n) is 5.65. The Labute approximate surface area is 157 Å². The van der Waals surface area contributed by atoms with Crippen LogP contribution in [0.3, 0.4) is 0 Å². The van der Waals surface area contributed by atoms with Crippen molar-refractivity contribution in [3.05, 3.63) is 58.7 Å². The van der Waals surface area contributed by atoms with Crippen LogP contribution in [0.4, 0.5) is 5.82 Å². The highest BCUT2D eigenvalue weighted by atomic mass is 79.9. The van der Waals surface area contributed by atoms with Gasteiger partial charge < -0.3 is 0 Å². The lowest BCUT2D eigenvalue weighted by molar-refractivity contribution is -0.116. The summed E-state index contributed by atoms with van der Waals surface area (Å²) in [5.41, 5.74) is 1.10. The highest BCUT2D eigenvalue weighted by Crippen LogP contribution is 2.15. The number of amides is 1. The van der Waals surface area contributed by atoms with E-state index in [0.29, 0.717) is 25.2 Å². The third-order valence-corrected chi connectivity index (χ3v) is 5.78. The van der Waals surface area contributed by atoms with Crippen molar-refractivity contribution in [1.82, 2.24) is 4.98 Å². The molecule has 1 heterocycles. The highest BCUT2D eigenvalue weighted by molar-refractivity contribution is 9.10. The molecule has 2 rings (SSSR count). The van der Waals surface area contributed by atoms with Crippen molar-refractivity contribution in [3.63, 3.8) is 0 Å². The molecule has 0 spiro atoms. The maximum absolute atomic E-state index is 12.4. The van der Waals surface area contributed by atoms with Crippen LogP contribution in [0.1, 0.15) is 18.9 Å². The van der Waals surface area contributed by atoms with Crippen LogP contribution in [0.2, 0.25) is 0 Å². The molecule has 0 unspecified atom stereocenters. The average Bonchev–Trinajstić information content (AvgIpc) is 2.57. The second kappa shape index (κ2) is 9.10. The highest BCUT2D eigenvalue weighted by Gasteiger charge is 2.22. The first-order valence-electron chi connectivity index (χ1n) is 8.07. The number of sulfone groups is 1. The van der Waals surface area contributed by atoms with Crippen LogP contribution in [-0.2, 0) is 21.1 Å². The molecule has 7 heteroatoms. The second-order valence-corrected chi connectivity index (χ2v) is 8.75. The Balaban J connectivity index is 1.93. The molecule has 0 aliphatic rings. The first-order valence-corrected chi connectivity index (χ1v) is 10.7. The number of hydrogen-bond acceptors (Lipinski definition) is 4. The van der Waals surface area contributed by atoms with Crippen molar-refractivity contribution < 1.29 is 13.2 Å². The van der Waals surface area contributed by atoms with Gasteiger partial charge in [-0.3, -0.25) is 9.69 Å². The van der Waals surface area contributed by atoms with Crippen LogP contribution in [0, 0.1) is 0 Å². The van der Waals surface area contributed by atoms with Crippen molar-refractivity contribution in [2.24, 2.45) is 0 Å². The first kappa shape index (κ1) is 19.6. The van der Waals surface area contributed by atoms with E-state index in [4.69, 9.17) is 0 Å². The number of hydrogen-bond donors (Lipinski definition) is 0. The topological polar surface area (TPSA) is 67.3 Å². The zero-order valence-corrected chi connectivity index (χ0v) is 16.5. The number of aryl methyl sites for hydroxylation is 1. The zero-order chi connectivity index (χ0) is 18.3. The summed E-state index contributed by atoms with van der Waals surface area (Å²) in [6.07, 6.45) is 2.77. The fraction of sp³-hybridized carbons (Fsp3) is 0.333. The molecule has 1 aromatic heterocycles. The van der Waals surface area contributed by atoms with Crippen molar-refractivity contribution >= 4 is 37.5 Å². The van der Waals surface area contributed by atoms with Crippen LogP contribution in [0.15, 0.2) is 53.1 Å². The lowest BCUT2D eigenvalue weighted by atomic mass is 10.1. The molecule has 0 bridgehead atoms. The van der Waals surface area contributed by atoms with Gasteiger partial charge >= 0.3 is 0 Å². The van der Waals surface area contributed by atoms with Crippen LogP contribution in [-0.4, -0.2) is 37.4 Å². The summed E-state index contributed by atoms with van der Waals surface area (Å²) in [6.45, 7) is 2.16. The van der Waals surface area contributed by atoms with Gasteiger partial charge in [-0.15, -0.1) is 0 Å². The Morgan fingerprint density at radius 2 is 1.88 bits per heavy atom. The number of nitrogens with zero attached hydrogens (tertiary/aromatic N) is 2. The quantitative estimate of drug-likeness (QED) is 0.651. The molecule has 0 atom stereocenters. The Hall–Kier alpha value is -1.73. The van der Waals surface area contributed by atoms with E-state index in [1.165, 1.54) is 4.90 Å². The number of rotatable bonds is 8. The van der Waals surface area contributed by atoms with Gasteiger partial charge in [0.15, 0.2) is 9.84 Å². The Morgan fingerprint density at radius 3 is 2.48 bits per heavy atom. The Kier molecular flexibility index (Phi) is 7.13. The zero-order valence-electron chi connectivity index (χ0n) is 14.1. The minimum Gasteiger partial charge on any atom is -0.296 e. The molecule has 2 aromatic rings. The minimum atomic E-state index is -3.45. The van der Waals surface area contributed by atoms with Crippen molar-refractivity contribution in [2.75, 3.05) is 23.0 Å². The van der Waals surface area contributed by atoms with Gasteiger partial charge in [0.05, 0.1) is 5.75 Å². The molecule has 0 fully saturated rings. The molecule has 0 radical (unpaired) electrons. The summed E-state index contributed by atoms with van der Waals surface area (Å²) in [4.78, 5) is 18.0. The number of carbonyl (C=O) groups excluding carboxylic acids is 1. The Morgan fingerprint density at radius 1 is 1.16 bits per heavy atom. The summed E-state index contributed by atoms with van der Waals surface area (Å²) >= 11 is 3.29. The normalized spacial score (nSPS) is 11.3.